The van der Waals surface area contributed by atoms with Crippen molar-refractivity contribution in [2.24, 2.45) is 11.8 Å². The van der Waals surface area contributed by atoms with Gasteiger partial charge in [-0.15, -0.1) is 0 Å². The number of likely N-dealkylation sites (N-methyl/N-ethyl adjacent to an activating group) is 1. The second-order valence-corrected chi connectivity index (χ2v) is 6.81. The van der Waals surface area contributed by atoms with E-state index in [4.69, 9.17) is 4.74 Å². The number of carbonyl (C=O) groups excluding carboxylic acids is 2. The van der Waals surface area contributed by atoms with Gasteiger partial charge >= 0.3 is 0 Å². The summed E-state index contributed by atoms with van der Waals surface area (Å²) in [6, 6.07) is 0. The number of piperazine rings is 1. The van der Waals surface area contributed by atoms with Crippen molar-refractivity contribution in [2.45, 2.75) is 32.1 Å². The fourth-order valence-corrected chi connectivity index (χ4v) is 3.46. The van der Waals surface area contributed by atoms with Crippen molar-refractivity contribution in [2.75, 3.05) is 53.5 Å². The van der Waals surface area contributed by atoms with Gasteiger partial charge in [-0.3, -0.25) is 9.59 Å². The number of amides is 2. The van der Waals surface area contributed by atoms with Crippen molar-refractivity contribution in [3.63, 3.8) is 0 Å². The molecule has 0 bridgehead atoms. The molecule has 0 aromatic carbocycles. The van der Waals surface area contributed by atoms with E-state index in [-0.39, 0.29) is 17.7 Å². The van der Waals surface area contributed by atoms with E-state index in [1.54, 1.807) is 7.11 Å². The molecule has 1 heterocycles. The molecule has 6 heteroatoms. The van der Waals surface area contributed by atoms with Gasteiger partial charge in [0.25, 0.3) is 0 Å². The van der Waals surface area contributed by atoms with E-state index in [2.05, 4.69) is 17.3 Å². The number of methoxy groups -OCH3 is 1. The van der Waals surface area contributed by atoms with Crippen molar-refractivity contribution in [3.8, 4) is 0 Å². The summed E-state index contributed by atoms with van der Waals surface area (Å²) in [5.41, 5.74) is 0. The highest BCUT2D eigenvalue weighted by atomic mass is 16.5. The van der Waals surface area contributed by atoms with Crippen LogP contribution in [0.2, 0.25) is 0 Å². The van der Waals surface area contributed by atoms with Gasteiger partial charge in [-0.25, -0.2) is 0 Å². The lowest BCUT2D eigenvalue weighted by atomic mass is 9.81. The summed E-state index contributed by atoms with van der Waals surface area (Å²) in [6.45, 7) is 4.96. The Morgan fingerprint density at radius 2 is 1.65 bits per heavy atom. The maximum atomic E-state index is 12.6. The van der Waals surface area contributed by atoms with Gasteiger partial charge in [0.1, 0.15) is 0 Å². The molecular weight excluding hydrogens is 294 g/mol. The molecule has 0 spiro atoms. The van der Waals surface area contributed by atoms with E-state index in [0.29, 0.717) is 19.1 Å². The van der Waals surface area contributed by atoms with E-state index >= 15 is 0 Å². The average Bonchev–Trinajstić information content (AvgIpc) is 2.59. The smallest absolute Gasteiger partial charge is 0.225 e. The second kappa shape index (κ2) is 9.23. The largest absolute Gasteiger partial charge is 0.385 e. The minimum atomic E-state index is 0.0779. The SMILES string of the molecule is COCCCNC(=O)C1CCC(C(=O)N2CCN(C)CC2)CC1. The van der Waals surface area contributed by atoms with Crippen LogP contribution in [0.15, 0.2) is 0 Å². The zero-order valence-electron chi connectivity index (χ0n) is 14.6. The highest BCUT2D eigenvalue weighted by Gasteiger charge is 2.32. The molecule has 1 aliphatic heterocycles. The van der Waals surface area contributed by atoms with Crippen molar-refractivity contribution >= 4 is 11.8 Å². The van der Waals surface area contributed by atoms with Crippen molar-refractivity contribution in [1.82, 2.24) is 15.1 Å². The number of carbonyl (C=O) groups is 2. The molecule has 0 atom stereocenters. The van der Waals surface area contributed by atoms with Crippen LogP contribution in [-0.4, -0.2) is 75.1 Å². The zero-order valence-corrected chi connectivity index (χ0v) is 14.6. The molecule has 0 unspecified atom stereocenters. The van der Waals surface area contributed by atoms with Crippen LogP contribution in [0.1, 0.15) is 32.1 Å². The summed E-state index contributed by atoms with van der Waals surface area (Å²) in [6.07, 6.45) is 4.21. The number of rotatable bonds is 6. The van der Waals surface area contributed by atoms with Crippen LogP contribution in [0.3, 0.4) is 0 Å². The Bertz CT molecular complexity index is 387. The van der Waals surface area contributed by atoms with Crippen LogP contribution in [0.25, 0.3) is 0 Å². The number of hydrogen-bond donors (Lipinski definition) is 1. The first-order valence-electron chi connectivity index (χ1n) is 8.85. The lowest BCUT2D eigenvalue weighted by molar-refractivity contribution is -0.139. The molecule has 1 aliphatic carbocycles. The molecule has 2 aliphatic rings. The van der Waals surface area contributed by atoms with Gasteiger partial charge in [0.05, 0.1) is 0 Å². The molecule has 23 heavy (non-hydrogen) atoms. The molecule has 2 amide bonds. The van der Waals surface area contributed by atoms with Crippen LogP contribution in [0.5, 0.6) is 0 Å². The van der Waals surface area contributed by atoms with Gasteiger partial charge in [-0.1, -0.05) is 0 Å². The normalized spacial score (nSPS) is 26.1. The molecule has 1 N–H and O–H groups in total. The van der Waals surface area contributed by atoms with Crippen molar-refractivity contribution in [1.29, 1.82) is 0 Å². The lowest BCUT2D eigenvalue weighted by Gasteiger charge is -2.36. The van der Waals surface area contributed by atoms with Crippen molar-refractivity contribution < 1.29 is 14.3 Å². The zero-order chi connectivity index (χ0) is 16.7. The van der Waals surface area contributed by atoms with Crippen LogP contribution in [-0.2, 0) is 14.3 Å². The van der Waals surface area contributed by atoms with E-state index in [1.165, 1.54) is 0 Å². The second-order valence-electron chi connectivity index (χ2n) is 6.81. The molecule has 0 aromatic rings. The van der Waals surface area contributed by atoms with Crippen LogP contribution >= 0.6 is 0 Å². The maximum absolute atomic E-state index is 12.6. The third-order valence-corrected chi connectivity index (χ3v) is 5.09. The summed E-state index contributed by atoms with van der Waals surface area (Å²) in [7, 11) is 3.76. The Morgan fingerprint density at radius 3 is 2.26 bits per heavy atom. The summed E-state index contributed by atoms with van der Waals surface area (Å²) < 4.78 is 4.98. The molecule has 1 saturated carbocycles. The molecule has 132 valence electrons. The Labute approximate surface area is 139 Å². The highest BCUT2D eigenvalue weighted by Crippen LogP contribution is 2.30. The summed E-state index contributed by atoms with van der Waals surface area (Å²) >= 11 is 0. The van der Waals surface area contributed by atoms with E-state index in [0.717, 1.165) is 58.3 Å². The third-order valence-electron chi connectivity index (χ3n) is 5.09. The maximum Gasteiger partial charge on any atom is 0.225 e. The summed E-state index contributed by atoms with van der Waals surface area (Å²) in [5.74, 6) is 0.647. The first kappa shape index (κ1) is 18.2. The van der Waals surface area contributed by atoms with Gasteiger partial charge in [0, 0.05) is 58.3 Å². The van der Waals surface area contributed by atoms with Gasteiger partial charge in [-0.05, 0) is 39.2 Å². The number of hydrogen-bond acceptors (Lipinski definition) is 4. The van der Waals surface area contributed by atoms with E-state index in [1.807, 2.05) is 4.90 Å². The fourth-order valence-electron chi connectivity index (χ4n) is 3.46. The summed E-state index contributed by atoms with van der Waals surface area (Å²) in [5, 5.41) is 2.98. The minimum Gasteiger partial charge on any atom is -0.385 e. The van der Waals surface area contributed by atoms with Crippen LogP contribution in [0, 0.1) is 11.8 Å². The third kappa shape index (κ3) is 5.46. The standard InChI is InChI=1S/C17H31N3O3/c1-19-9-11-20(12-10-19)17(22)15-6-4-14(5-7-15)16(21)18-8-3-13-23-2/h14-15H,3-13H2,1-2H3,(H,18,21). The quantitative estimate of drug-likeness (QED) is 0.731. The Balaban J connectivity index is 1.68. The van der Waals surface area contributed by atoms with Crippen LogP contribution in [0.4, 0.5) is 0 Å². The average molecular weight is 325 g/mol. The highest BCUT2D eigenvalue weighted by molar-refractivity contribution is 5.81. The van der Waals surface area contributed by atoms with E-state index < -0.39 is 0 Å². The summed E-state index contributed by atoms with van der Waals surface area (Å²) in [4.78, 5) is 29.0. The molecule has 1 saturated heterocycles. The van der Waals surface area contributed by atoms with Crippen LogP contribution < -0.4 is 5.32 Å². The van der Waals surface area contributed by atoms with Gasteiger partial charge in [0.2, 0.25) is 11.8 Å². The first-order chi connectivity index (χ1) is 11.1. The van der Waals surface area contributed by atoms with Crippen molar-refractivity contribution in [3.05, 3.63) is 0 Å². The minimum absolute atomic E-state index is 0.0779. The molecule has 0 radical (unpaired) electrons. The van der Waals surface area contributed by atoms with E-state index in [9.17, 15) is 9.59 Å². The number of nitrogens with one attached hydrogen (secondary N) is 1. The molecule has 6 nitrogen and oxygen atoms in total. The number of ether oxygens (including phenoxy) is 1. The molecular formula is C17H31N3O3. The Hall–Kier alpha value is -1.14. The predicted octanol–water partition coefficient (Wildman–Crippen LogP) is 0.720. The van der Waals surface area contributed by atoms with Gasteiger partial charge in [0.15, 0.2) is 0 Å². The lowest BCUT2D eigenvalue weighted by Crippen LogP contribution is -2.49. The topological polar surface area (TPSA) is 61.9 Å². The predicted molar refractivity (Wildman–Crippen MR) is 89.0 cm³/mol. The monoisotopic (exact) mass is 325 g/mol. The molecule has 2 fully saturated rings. The van der Waals surface area contributed by atoms with Gasteiger partial charge in [-0.2, -0.15) is 0 Å². The fraction of sp³-hybridized carbons (Fsp3) is 0.882. The molecule has 2 rings (SSSR count). The van der Waals surface area contributed by atoms with Gasteiger partial charge < -0.3 is 19.9 Å². The first-order valence-corrected chi connectivity index (χ1v) is 8.85. The number of nitrogens with zero attached hydrogens (tertiary/aromatic N) is 2. The Kier molecular flexibility index (Phi) is 7.30. The molecule has 0 aromatic heterocycles. The Morgan fingerprint density at radius 1 is 1.04 bits per heavy atom.